The Morgan fingerprint density at radius 3 is 2.13 bits per heavy atom. The highest BCUT2D eigenvalue weighted by Gasteiger charge is 2.27. The minimum Gasteiger partial charge on any atom is -0.507 e. The molecule has 1 aliphatic heterocycles. The maximum atomic E-state index is 13.0. The van der Waals surface area contributed by atoms with Gasteiger partial charge < -0.3 is 29.5 Å². The van der Waals surface area contributed by atoms with Gasteiger partial charge >= 0.3 is 0 Å². The third-order valence-corrected chi connectivity index (χ3v) is 5.18. The van der Waals surface area contributed by atoms with Gasteiger partial charge in [-0.1, -0.05) is 12.1 Å². The number of nitrogens with one attached hydrogen (secondary N) is 1. The number of carbonyl (C=O) groups excluding carboxylic acids is 2. The lowest BCUT2D eigenvalue weighted by Gasteiger charge is -2.32. The molecule has 0 spiro atoms. The van der Waals surface area contributed by atoms with Gasteiger partial charge in [-0.15, -0.1) is 0 Å². The van der Waals surface area contributed by atoms with Crippen LogP contribution >= 0.6 is 0 Å². The minimum atomic E-state index is -0.317. The van der Waals surface area contributed by atoms with Crippen molar-refractivity contribution in [2.75, 3.05) is 34.4 Å². The van der Waals surface area contributed by atoms with Crippen LogP contribution in [0.1, 0.15) is 33.6 Å². The fourth-order valence-electron chi connectivity index (χ4n) is 3.54. The van der Waals surface area contributed by atoms with Crippen molar-refractivity contribution in [1.29, 1.82) is 0 Å². The van der Waals surface area contributed by atoms with Crippen LogP contribution in [0.15, 0.2) is 36.4 Å². The second-order valence-electron chi connectivity index (χ2n) is 6.97. The lowest BCUT2D eigenvalue weighted by atomic mass is 10.0. The van der Waals surface area contributed by atoms with E-state index in [1.54, 1.807) is 35.2 Å². The van der Waals surface area contributed by atoms with E-state index in [0.29, 0.717) is 48.7 Å². The van der Waals surface area contributed by atoms with Gasteiger partial charge in [0, 0.05) is 24.7 Å². The van der Waals surface area contributed by atoms with Gasteiger partial charge in [-0.3, -0.25) is 9.59 Å². The number of hydrogen-bond acceptors (Lipinski definition) is 6. The Hall–Kier alpha value is -3.42. The number of phenols is 1. The summed E-state index contributed by atoms with van der Waals surface area (Å²) in [7, 11) is 4.52. The molecular weight excluding hydrogens is 388 g/mol. The number of nitrogens with zero attached hydrogens (tertiary/aromatic N) is 1. The lowest BCUT2D eigenvalue weighted by molar-refractivity contribution is 0.0697. The van der Waals surface area contributed by atoms with Crippen molar-refractivity contribution in [3.63, 3.8) is 0 Å². The summed E-state index contributed by atoms with van der Waals surface area (Å²) in [5.74, 6) is 0.768. The maximum absolute atomic E-state index is 13.0. The average Bonchev–Trinajstić information content (AvgIpc) is 2.78. The summed E-state index contributed by atoms with van der Waals surface area (Å²) in [6.45, 7) is 1.00. The van der Waals surface area contributed by atoms with Crippen LogP contribution < -0.4 is 19.5 Å². The Morgan fingerprint density at radius 1 is 1.00 bits per heavy atom. The van der Waals surface area contributed by atoms with E-state index in [-0.39, 0.29) is 29.2 Å². The van der Waals surface area contributed by atoms with Crippen LogP contribution in [0, 0.1) is 0 Å². The Kier molecular flexibility index (Phi) is 6.66. The molecule has 2 aromatic carbocycles. The molecule has 1 heterocycles. The van der Waals surface area contributed by atoms with E-state index in [1.807, 2.05) is 0 Å². The number of hydrogen-bond donors (Lipinski definition) is 2. The number of aromatic hydroxyl groups is 1. The molecule has 160 valence electrons. The Bertz CT molecular complexity index is 897. The van der Waals surface area contributed by atoms with Gasteiger partial charge in [0.2, 0.25) is 5.75 Å². The van der Waals surface area contributed by atoms with Crippen molar-refractivity contribution in [3.8, 4) is 23.0 Å². The van der Waals surface area contributed by atoms with Gasteiger partial charge in [0.25, 0.3) is 11.8 Å². The largest absolute Gasteiger partial charge is 0.507 e. The molecule has 1 saturated heterocycles. The number of methoxy groups -OCH3 is 3. The Labute approximate surface area is 175 Å². The first-order valence-corrected chi connectivity index (χ1v) is 9.66. The molecular formula is C22H26N2O6. The first-order chi connectivity index (χ1) is 14.5. The van der Waals surface area contributed by atoms with Gasteiger partial charge in [-0.2, -0.15) is 0 Å². The summed E-state index contributed by atoms with van der Waals surface area (Å²) in [6, 6.07) is 9.63. The van der Waals surface area contributed by atoms with Crippen molar-refractivity contribution in [1.82, 2.24) is 10.2 Å². The summed E-state index contributed by atoms with van der Waals surface area (Å²) >= 11 is 0. The molecule has 8 nitrogen and oxygen atoms in total. The van der Waals surface area contributed by atoms with Crippen molar-refractivity contribution in [3.05, 3.63) is 47.5 Å². The smallest absolute Gasteiger partial charge is 0.255 e. The standard InChI is InChI=1S/C22H26N2O6/c1-28-18-12-14(13-19(29-2)20(18)30-3)22(27)24-10-8-15(9-11-24)23-21(26)16-6-4-5-7-17(16)25/h4-7,12-13,15,25H,8-11H2,1-3H3,(H,23,26). The molecule has 0 atom stereocenters. The van der Waals surface area contributed by atoms with E-state index in [4.69, 9.17) is 14.2 Å². The number of piperidine rings is 1. The van der Waals surface area contributed by atoms with Crippen LogP contribution in [0.25, 0.3) is 0 Å². The third-order valence-electron chi connectivity index (χ3n) is 5.18. The molecule has 1 aliphatic rings. The SMILES string of the molecule is COc1cc(C(=O)N2CCC(NC(=O)c3ccccc3O)CC2)cc(OC)c1OC. The molecule has 0 unspecified atom stereocenters. The van der Waals surface area contributed by atoms with Crippen LogP contribution in [0.3, 0.4) is 0 Å². The molecule has 0 aromatic heterocycles. The van der Waals surface area contributed by atoms with Gasteiger partial charge in [0.15, 0.2) is 11.5 Å². The number of para-hydroxylation sites is 1. The summed E-state index contributed by atoms with van der Waals surface area (Å²) in [5, 5.41) is 12.8. The second kappa shape index (κ2) is 9.39. The molecule has 0 saturated carbocycles. The number of phenolic OH excluding ortho intramolecular Hbond substituents is 1. The van der Waals surface area contributed by atoms with Gasteiger partial charge in [-0.05, 0) is 37.1 Å². The van der Waals surface area contributed by atoms with Crippen molar-refractivity contribution in [2.45, 2.75) is 18.9 Å². The van der Waals surface area contributed by atoms with E-state index >= 15 is 0 Å². The van der Waals surface area contributed by atoms with Crippen LogP contribution in [-0.4, -0.2) is 62.3 Å². The number of amides is 2. The summed E-state index contributed by atoms with van der Waals surface area (Å²) in [6.07, 6.45) is 1.24. The summed E-state index contributed by atoms with van der Waals surface area (Å²) in [5.41, 5.74) is 0.689. The molecule has 30 heavy (non-hydrogen) atoms. The van der Waals surface area contributed by atoms with Crippen molar-refractivity contribution in [2.24, 2.45) is 0 Å². The van der Waals surface area contributed by atoms with Gasteiger partial charge in [0.05, 0.1) is 26.9 Å². The minimum absolute atomic E-state index is 0.0509. The van der Waals surface area contributed by atoms with Crippen LogP contribution in [0.5, 0.6) is 23.0 Å². The molecule has 0 aliphatic carbocycles. The molecule has 3 rings (SSSR count). The van der Waals surface area contributed by atoms with E-state index in [2.05, 4.69) is 5.32 Å². The van der Waals surface area contributed by atoms with Crippen LogP contribution in [0.4, 0.5) is 0 Å². The van der Waals surface area contributed by atoms with E-state index in [0.717, 1.165) is 0 Å². The number of likely N-dealkylation sites (tertiary alicyclic amines) is 1. The molecule has 2 amide bonds. The van der Waals surface area contributed by atoms with Crippen molar-refractivity contribution < 1.29 is 28.9 Å². The zero-order valence-electron chi connectivity index (χ0n) is 17.3. The highest BCUT2D eigenvalue weighted by molar-refractivity contribution is 5.97. The number of rotatable bonds is 6. The quantitative estimate of drug-likeness (QED) is 0.754. The van der Waals surface area contributed by atoms with Gasteiger partial charge in [0.1, 0.15) is 5.75 Å². The predicted molar refractivity (Wildman–Crippen MR) is 111 cm³/mol. The normalized spacial score (nSPS) is 14.2. The van der Waals surface area contributed by atoms with Gasteiger partial charge in [-0.25, -0.2) is 0 Å². The number of ether oxygens (including phenoxy) is 3. The fourth-order valence-corrected chi connectivity index (χ4v) is 3.54. The van der Waals surface area contributed by atoms with E-state index < -0.39 is 0 Å². The number of carbonyl (C=O) groups is 2. The second-order valence-corrected chi connectivity index (χ2v) is 6.97. The fraction of sp³-hybridized carbons (Fsp3) is 0.364. The zero-order chi connectivity index (χ0) is 21.7. The van der Waals surface area contributed by atoms with E-state index in [1.165, 1.54) is 27.4 Å². The molecule has 2 aromatic rings. The topological polar surface area (TPSA) is 97.3 Å². The average molecular weight is 414 g/mol. The highest BCUT2D eigenvalue weighted by atomic mass is 16.5. The van der Waals surface area contributed by atoms with E-state index in [9.17, 15) is 14.7 Å². The predicted octanol–water partition coefficient (Wildman–Crippen LogP) is 2.45. The Balaban J connectivity index is 1.64. The highest BCUT2D eigenvalue weighted by Crippen LogP contribution is 2.38. The Morgan fingerprint density at radius 2 is 1.60 bits per heavy atom. The number of benzene rings is 2. The first kappa shape index (κ1) is 21.3. The molecule has 8 heteroatoms. The maximum Gasteiger partial charge on any atom is 0.255 e. The summed E-state index contributed by atoms with van der Waals surface area (Å²) < 4.78 is 16.0. The lowest BCUT2D eigenvalue weighted by Crippen LogP contribution is -2.46. The zero-order valence-corrected chi connectivity index (χ0v) is 17.3. The third kappa shape index (κ3) is 4.42. The molecule has 1 fully saturated rings. The molecule has 0 radical (unpaired) electrons. The molecule has 0 bridgehead atoms. The molecule has 2 N–H and O–H groups in total. The van der Waals surface area contributed by atoms with Crippen LogP contribution in [0.2, 0.25) is 0 Å². The van der Waals surface area contributed by atoms with Crippen LogP contribution in [-0.2, 0) is 0 Å². The monoisotopic (exact) mass is 414 g/mol. The summed E-state index contributed by atoms with van der Waals surface area (Å²) in [4.78, 5) is 27.1. The van der Waals surface area contributed by atoms with Crippen molar-refractivity contribution >= 4 is 11.8 Å². The first-order valence-electron chi connectivity index (χ1n) is 9.66.